The molecule has 0 atom stereocenters. The molecule has 1 aromatic carbocycles. The first-order valence-corrected chi connectivity index (χ1v) is 10.4. The van der Waals surface area contributed by atoms with Crippen molar-refractivity contribution < 1.29 is 5.73 Å². The van der Waals surface area contributed by atoms with Gasteiger partial charge in [-0.2, -0.15) is 9.61 Å². The second kappa shape index (κ2) is 11.4. The highest BCUT2D eigenvalue weighted by molar-refractivity contribution is 5.61. The number of nitrogens with zero attached hydrogens (tertiary/aromatic N) is 3. The number of hydrogen-bond donors (Lipinski definition) is 3. The molecule has 0 saturated heterocycles. The van der Waals surface area contributed by atoms with Gasteiger partial charge in [-0.25, -0.2) is 4.98 Å². The van der Waals surface area contributed by atoms with Crippen molar-refractivity contribution in [1.82, 2.24) is 14.6 Å². The zero-order valence-corrected chi connectivity index (χ0v) is 17.1. The topological polar surface area (TPSA) is 81.9 Å². The average Bonchev–Trinajstić information content (AvgIpc) is 3.14. The van der Waals surface area contributed by atoms with Crippen LogP contribution in [0.15, 0.2) is 42.6 Å². The normalized spacial score (nSPS) is 10.9. The van der Waals surface area contributed by atoms with Crippen LogP contribution in [0, 0.1) is 0 Å². The summed E-state index contributed by atoms with van der Waals surface area (Å²) < 4.78 is 1.91. The van der Waals surface area contributed by atoms with Crippen LogP contribution in [0.1, 0.15) is 64.0 Å². The lowest BCUT2D eigenvalue weighted by molar-refractivity contribution is -0.368. The van der Waals surface area contributed by atoms with Crippen molar-refractivity contribution in [2.75, 3.05) is 23.7 Å². The first kappa shape index (κ1) is 22.7. The SMILES string of the molecule is C.CC(C)c1cnn2c(NCc3ccccc3)cc(NCCCCCC[NH3+])nc12. The fraction of sp³-hybridized carbons (Fsp3) is 0.478. The van der Waals surface area contributed by atoms with Crippen LogP contribution in [0.3, 0.4) is 0 Å². The molecule has 0 aliphatic carbocycles. The number of hydrogen-bond acceptors (Lipinski definition) is 4. The third-order valence-corrected chi connectivity index (χ3v) is 4.92. The van der Waals surface area contributed by atoms with E-state index in [-0.39, 0.29) is 7.43 Å². The summed E-state index contributed by atoms with van der Waals surface area (Å²) in [5.41, 5.74) is 7.24. The number of rotatable bonds is 11. The summed E-state index contributed by atoms with van der Waals surface area (Å²) in [6.07, 6.45) is 6.78. The summed E-state index contributed by atoms with van der Waals surface area (Å²) in [5.74, 6) is 2.24. The monoisotopic (exact) mass is 397 g/mol. The van der Waals surface area contributed by atoms with E-state index in [9.17, 15) is 0 Å². The van der Waals surface area contributed by atoms with E-state index in [4.69, 9.17) is 4.98 Å². The van der Waals surface area contributed by atoms with Crippen LogP contribution < -0.4 is 16.4 Å². The summed E-state index contributed by atoms with van der Waals surface area (Å²) in [6, 6.07) is 12.5. The fourth-order valence-electron chi connectivity index (χ4n) is 3.26. The van der Waals surface area contributed by atoms with Crippen molar-refractivity contribution in [2.24, 2.45) is 0 Å². The number of benzene rings is 1. The van der Waals surface area contributed by atoms with Crippen molar-refractivity contribution in [3.63, 3.8) is 0 Å². The Morgan fingerprint density at radius 2 is 1.79 bits per heavy atom. The summed E-state index contributed by atoms with van der Waals surface area (Å²) in [4.78, 5) is 4.85. The van der Waals surface area contributed by atoms with Crippen LogP contribution in [0.25, 0.3) is 5.65 Å². The molecular weight excluding hydrogens is 360 g/mol. The second-order valence-corrected chi connectivity index (χ2v) is 7.55. The Hall–Kier alpha value is -2.60. The molecule has 6 heteroatoms. The highest BCUT2D eigenvalue weighted by atomic mass is 15.3. The number of unbranched alkanes of at least 4 members (excludes halogenated alkanes) is 3. The zero-order valence-electron chi connectivity index (χ0n) is 17.1. The minimum atomic E-state index is 0. The molecule has 0 amide bonds. The average molecular weight is 398 g/mol. The molecule has 0 fully saturated rings. The Bertz CT molecular complexity index is 856. The fourth-order valence-corrected chi connectivity index (χ4v) is 3.26. The Kier molecular flexibility index (Phi) is 8.93. The van der Waals surface area contributed by atoms with Gasteiger partial charge in [0.1, 0.15) is 11.6 Å². The highest BCUT2D eigenvalue weighted by Crippen LogP contribution is 2.24. The van der Waals surface area contributed by atoms with Gasteiger partial charge in [-0.15, -0.1) is 0 Å². The largest absolute Gasteiger partial charge is 0.370 e. The molecule has 5 N–H and O–H groups in total. The minimum absolute atomic E-state index is 0. The quantitative estimate of drug-likeness (QED) is 0.421. The van der Waals surface area contributed by atoms with E-state index < -0.39 is 0 Å². The van der Waals surface area contributed by atoms with Crippen LogP contribution in [-0.4, -0.2) is 27.7 Å². The smallest absolute Gasteiger partial charge is 0.163 e. The van der Waals surface area contributed by atoms with Crippen molar-refractivity contribution >= 4 is 17.3 Å². The standard InChI is InChI=1S/C22H32N6.CH4/c1-17(2)19-16-26-28-21(25-15-18-10-6-5-7-11-18)14-20(27-22(19)28)24-13-9-4-3-8-12-23;/h5-7,10-11,14,16-17,25H,3-4,8-9,12-13,15,23H2,1-2H3,(H,24,27);1H4/p+1. The predicted molar refractivity (Wildman–Crippen MR) is 122 cm³/mol. The maximum absolute atomic E-state index is 4.85. The first-order chi connectivity index (χ1) is 13.7. The Morgan fingerprint density at radius 3 is 2.52 bits per heavy atom. The summed E-state index contributed by atoms with van der Waals surface area (Å²) >= 11 is 0. The van der Waals surface area contributed by atoms with Crippen LogP contribution >= 0.6 is 0 Å². The molecule has 3 rings (SSSR count). The molecule has 0 saturated carbocycles. The van der Waals surface area contributed by atoms with Crippen LogP contribution in [0.4, 0.5) is 11.6 Å². The van der Waals surface area contributed by atoms with Gasteiger partial charge in [0.15, 0.2) is 5.65 Å². The molecule has 2 heterocycles. The summed E-state index contributed by atoms with van der Waals surface area (Å²) in [6.45, 7) is 7.07. The van der Waals surface area contributed by atoms with E-state index in [0.29, 0.717) is 5.92 Å². The first-order valence-electron chi connectivity index (χ1n) is 10.4. The van der Waals surface area contributed by atoms with Crippen molar-refractivity contribution in [3.05, 3.63) is 53.7 Å². The lowest BCUT2D eigenvalue weighted by Crippen LogP contribution is -2.50. The van der Waals surface area contributed by atoms with E-state index in [2.05, 4.69) is 65.6 Å². The van der Waals surface area contributed by atoms with Gasteiger partial charge in [-0.3, -0.25) is 0 Å². The molecule has 2 aromatic heterocycles. The third kappa shape index (κ3) is 6.19. The van der Waals surface area contributed by atoms with Gasteiger partial charge in [0.2, 0.25) is 0 Å². The van der Waals surface area contributed by atoms with Crippen molar-refractivity contribution in [2.45, 2.75) is 59.4 Å². The highest BCUT2D eigenvalue weighted by Gasteiger charge is 2.14. The van der Waals surface area contributed by atoms with Crippen molar-refractivity contribution in [3.8, 4) is 0 Å². The summed E-state index contributed by atoms with van der Waals surface area (Å²) in [5, 5.41) is 11.6. The van der Waals surface area contributed by atoms with E-state index in [1.54, 1.807) is 0 Å². The molecule has 0 spiro atoms. The van der Waals surface area contributed by atoms with E-state index in [1.807, 2.05) is 16.8 Å². The zero-order chi connectivity index (χ0) is 19.8. The second-order valence-electron chi connectivity index (χ2n) is 7.55. The van der Waals surface area contributed by atoms with Gasteiger partial charge >= 0.3 is 0 Å². The van der Waals surface area contributed by atoms with Gasteiger partial charge in [0.25, 0.3) is 0 Å². The maximum atomic E-state index is 4.85. The molecule has 158 valence electrons. The molecule has 29 heavy (non-hydrogen) atoms. The van der Waals surface area contributed by atoms with E-state index >= 15 is 0 Å². The van der Waals surface area contributed by atoms with Gasteiger partial charge < -0.3 is 16.4 Å². The molecule has 0 radical (unpaired) electrons. The Balaban J connectivity index is 0.00000300. The number of anilines is 2. The van der Waals surface area contributed by atoms with Crippen LogP contribution in [-0.2, 0) is 6.54 Å². The van der Waals surface area contributed by atoms with Gasteiger partial charge in [0.05, 0.1) is 12.7 Å². The lowest BCUT2D eigenvalue weighted by Gasteiger charge is -2.13. The van der Waals surface area contributed by atoms with Gasteiger partial charge in [-0.05, 0) is 30.7 Å². The lowest BCUT2D eigenvalue weighted by atomic mass is 10.1. The van der Waals surface area contributed by atoms with E-state index in [0.717, 1.165) is 43.3 Å². The molecule has 0 unspecified atom stereocenters. The molecular formula is C23H37N6+. The maximum Gasteiger partial charge on any atom is 0.163 e. The Labute approximate surface area is 174 Å². The molecule has 0 aliphatic rings. The number of nitrogens with one attached hydrogen (secondary N) is 2. The molecule has 3 aromatic rings. The third-order valence-electron chi connectivity index (χ3n) is 4.92. The van der Waals surface area contributed by atoms with Gasteiger partial charge in [-0.1, -0.05) is 58.0 Å². The van der Waals surface area contributed by atoms with Crippen LogP contribution in [0.5, 0.6) is 0 Å². The predicted octanol–water partition coefficient (Wildman–Crippen LogP) is 4.32. The van der Waals surface area contributed by atoms with Crippen molar-refractivity contribution in [1.29, 1.82) is 0 Å². The minimum Gasteiger partial charge on any atom is -0.370 e. The number of aromatic nitrogens is 3. The Morgan fingerprint density at radius 1 is 1.03 bits per heavy atom. The molecule has 6 nitrogen and oxygen atoms in total. The molecule has 0 aliphatic heterocycles. The number of fused-ring (bicyclic) bond motifs is 1. The van der Waals surface area contributed by atoms with E-state index in [1.165, 1.54) is 30.4 Å². The number of quaternary nitrogens is 1. The van der Waals surface area contributed by atoms with Crippen LogP contribution in [0.2, 0.25) is 0 Å². The molecule has 0 bridgehead atoms. The summed E-state index contributed by atoms with van der Waals surface area (Å²) in [7, 11) is 0. The van der Waals surface area contributed by atoms with Gasteiger partial charge in [0, 0.05) is 24.7 Å².